The van der Waals surface area contributed by atoms with Gasteiger partial charge in [-0.05, 0) is 55.3 Å². The van der Waals surface area contributed by atoms with Crippen LogP contribution in [0.5, 0.6) is 5.75 Å². The fourth-order valence-corrected chi connectivity index (χ4v) is 2.94. The molecule has 0 saturated carbocycles. The lowest BCUT2D eigenvalue weighted by Crippen LogP contribution is -2.08. The van der Waals surface area contributed by atoms with E-state index in [1.165, 1.54) is 18.2 Å². The van der Waals surface area contributed by atoms with E-state index in [4.69, 9.17) is 21.4 Å². The largest absolute Gasteiger partial charge is 0.489 e. The highest BCUT2D eigenvalue weighted by Crippen LogP contribution is 2.25. The zero-order valence-corrected chi connectivity index (χ0v) is 15.7. The quantitative estimate of drug-likeness (QED) is 0.620. The lowest BCUT2D eigenvalue weighted by Gasteiger charge is -2.13. The maximum Gasteiger partial charge on any atom is 0.356 e. The van der Waals surface area contributed by atoms with Gasteiger partial charge in [0.2, 0.25) is 0 Å². The second kappa shape index (κ2) is 8.39. The summed E-state index contributed by atoms with van der Waals surface area (Å²) in [6, 6.07) is 9.87. The van der Waals surface area contributed by atoms with E-state index in [2.05, 4.69) is 5.10 Å². The number of aromatic nitrogens is 2. The van der Waals surface area contributed by atoms with E-state index in [0.29, 0.717) is 23.7 Å². The van der Waals surface area contributed by atoms with Gasteiger partial charge in [-0.2, -0.15) is 5.10 Å². The van der Waals surface area contributed by atoms with Crippen LogP contribution in [0.15, 0.2) is 42.5 Å². The number of hydrogen-bond acceptors (Lipinski definition) is 3. The summed E-state index contributed by atoms with van der Waals surface area (Å²) in [6.45, 7) is 2.12. The Bertz CT molecular complexity index is 1020. The topological polar surface area (TPSA) is 64.3 Å². The fraction of sp³-hybridized carbons (Fsp3) is 0.200. The molecule has 1 heterocycles. The van der Waals surface area contributed by atoms with Gasteiger partial charge in [-0.1, -0.05) is 11.6 Å². The van der Waals surface area contributed by atoms with Crippen molar-refractivity contribution in [2.75, 3.05) is 0 Å². The summed E-state index contributed by atoms with van der Waals surface area (Å²) in [6.07, 6.45) is 0.476. The van der Waals surface area contributed by atoms with E-state index in [1.807, 2.05) is 0 Å². The first-order valence-corrected chi connectivity index (χ1v) is 8.84. The average Bonchev–Trinajstić information content (AvgIpc) is 3.01. The van der Waals surface area contributed by atoms with Crippen molar-refractivity contribution in [1.29, 1.82) is 0 Å². The number of halogens is 3. The summed E-state index contributed by atoms with van der Waals surface area (Å²) in [4.78, 5) is 11.0. The Hall–Kier alpha value is -2.93. The molecule has 0 unspecified atom stereocenters. The first-order valence-electron chi connectivity index (χ1n) is 8.46. The molecule has 1 N–H and O–H groups in total. The van der Waals surface area contributed by atoms with Gasteiger partial charge in [-0.25, -0.2) is 13.6 Å². The first-order chi connectivity index (χ1) is 13.3. The molecule has 0 bridgehead atoms. The smallest absolute Gasteiger partial charge is 0.356 e. The Kier molecular flexibility index (Phi) is 5.94. The first kappa shape index (κ1) is 19.8. The molecular weight excluding hydrogens is 390 g/mol. The fourth-order valence-electron chi connectivity index (χ4n) is 2.75. The number of hydrogen-bond donors (Lipinski definition) is 1. The van der Waals surface area contributed by atoms with Crippen molar-refractivity contribution < 1.29 is 23.4 Å². The number of ether oxygens (including phenoxy) is 1. The second-order valence-corrected chi connectivity index (χ2v) is 6.66. The van der Waals surface area contributed by atoms with Crippen LogP contribution in [-0.4, -0.2) is 20.9 Å². The molecule has 0 amide bonds. The van der Waals surface area contributed by atoms with Crippen LogP contribution in [0.4, 0.5) is 8.78 Å². The second-order valence-electron chi connectivity index (χ2n) is 6.23. The van der Waals surface area contributed by atoms with E-state index < -0.39 is 17.6 Å². The van der Waals surface area contributed by atoms with Gasteiger partial charge in [0.15, 0.2) is 5.69 Å². The summed E-state index contributed by atoms with van der Waals surface area (Å²) in [5.74, 6) is -1.90. The van der Waals surface area contributed by atoms with Crippen molar-refractivity contribution in [2.45, 2.75) is 26.5 Å². The Labute approximate surface area is 165 Å². The van der Waals surface area contributed by atoms with Crippen molar-refractivity contribution in [3.05, 3.63) is 81.6 Å². The van der Waals surface area contributed by atoms with Crippen LogP contribution >= 0.6 is 11.6 Å². The molecule has 2 aromatic carbocycles. The zero-order valence-electron chi connectivity index (χ0n) is 15.0. The predicted octanol–water partition coefficient (Wildman–Crippen LogP) is 4.64. The van der Waals surface area contributed by atoms with Gasteiger partial charge < -0.3 is 9.84 Å². The number of carboxylic acid groups (broad SMARTS) is 1. The number of nitrogens with zero attached hydrogens (tertiary/aromatic N) is 2. The van der Waals surface area contributed by atoms with Crippen molar-refractivity contribution in [1.82, 2.24) is 9.78 Å². The lowest BCUT2D eigenvalue weighted by atomic mass is 10.1. The van der Waals surface area contributed by atoms with Crippen molar-refractivity contribution in [2.24, 2.45) is 0 Å². The van der Waals surface area contributed by atoms with Crippen molar-refractivity contribution in [3.63, 3.8) is 0 Å². The van der Waals surface area contributed by atoms with Crippen LogP contribution in [-0.2, 0) is 19.6 Å². The number of benzene rings is 2. The van der Waals surface area contributed by atoms with Gasteiger partial charge in [0.05, 0.1) is 0 Å². The number of aromatic carboxylic acids is 1. The molecule has 0 radical (unpaired) electrons. The van der Waals surface area contributed by atoms with E-state index >= 15 is 0 Å². The van der Waals surface area contributed by atoms with Gasteiger partial charge in [-0.15, -0.1) is 0 Å². The molecule has 0 aliphatic rings. The van der Waals surface area contributed by atoms with Crippen LogP contribution in [0.25, 0.3) is 0 Å². The van der Waals surface area contributed by atoms with Crippen molar-refractivity contribution >= 4 is 17.6 Å². The van der Waals surface area contributed by atoms with Gasteiger partial charge >= 0.3 is 5.97 Å². The van der Waals surface area contributed by atoms with E-state index in [1.54, 1.807) is 29.8 Å². The predicted molar refractivity (Wildman–Crippen MR) is 99.8 cm³/mol. The molecule has 5 nitrogen and oxygen atoms in total. The molecule has 1 aromatic heterocycles. The van der Waals surface area contributed by atoms with Gasteiger partial charge in [0, 0.05) is 28.9 Å². The average molecular weight is 407 g/mol. The summed E-state index contributed by atoms with van der Waals surface area (Å²) in [5, 5.41) is 13.6. The molecule has 0 aliphatic carbocycles. The van der Waals surface area contributed by atoms with Gasteiger partial charge in [-0.3, -0.25) is 4.68 Å². The Morgan fingerprint density at radius 1 is 1.18 bits per heavy atom. The molecule has 146 valence electrons. The number of carbonyl (C=O) groups is 1. The minimum atomic E-state index is -1.09. The van der Waals surface area contributed by atoms with E-state index in [9.17, 15) is 13.6 Å². The third-order valence-corrected chi connectivity index (χ3v) is 4.45. The SMILES string of the molecule is Cc1cc(C(=O)O)nn1CCc1cc(Cl)ccc1OCc1ccc(F)cc1F. The Balaban J connectivity index is 1.74. The Morgan fingerprint density at radius 2 is 1.96 bits per heavy atom. The summed E-state index contributed by atoms with van der Waals surface area (Å²) in [7, 11) is 0. The standard InChI is InChI=1S/C20H17ClF2N2O3/c1-12-8-18(20(26)27)24-25(12)7-6-13-9-15(21)3-5-19(13)28-11-14-2-4-16(22)10-17(14)23/h2-5,8-10H,6-7,11H2,1H3,(H,26,27). The minimum Gasteiger partial charge on any atom is -0.489 e. The molecule has 0 fully saturated rings. The summed E-state index contributed by atoms with van der Waals surface area (Å²) < 4.78 is 34.1. The highest BCUT2D eigenvalue weighted by Gasteiger charge is 2.12. The van der Waals surface area contributed by atoms with Crippen LogP contribution in [0.3, 0.4) is 0 Å². The maximum atomic E-state index is 13.8. The third-order valence-electron chi connectivity index (χ3n) is 4.21. The van der Waals surface area contributed by atoms with Crippen LogP contribution in [0.2, 0.25) is 5.02 Å². The Morgan fingerprint density at radius 3 is 2.64 bits per heavy atom. The maximum absolute atomic E-state index is 13.8. The highest BCUT2D eigenvalue weighted by atomic mass is 35.5. The summed E-state index contributed by atoms with van der Waals surface area (Å²) in [5.41, 5.74) is 1.69. The lowest BCUT2D eigenvalue weighted by molar-refractivity contribution is 0.0689. The van der Waals surface area contributed by atoms with E-state index in [0.717, 1.165) is 17.3 Å². The minimum absolute atomic E-state index is 0.0214. The molecule has 0 saturated heterocycles. The third kappa shape index (κ3) is 4.67. The van der Waals surface area contributed by atoms with Gasteiger partial charge in [0.25, 0.3) is 0 Å². The molecular formula is C20H17ClF2N2O3. The molecule has 8 heteroatoms. The normalized spacial score (nSPS) is 10.9. The van der Waals surface area contributed by atoms with Crippen molar-refractivity contribution in [3.8, 4) is 5.75 Å². The molecule has 28 heavy (non-hydrogen) atoms. The zero-order chi connectivity index (χ0) is 20.3. The number of rotatable bonds is 7. The van der Waals surface area contributed by atoms with Gasteiger partial charge in [0.1, 0.15) is 24.0 Å². The molecule has 3 aromatic rings. The highest BCUT2D eigenvalue weighted by molar-refractivity contribution is 6.30. The van der Waals surface area contributed by atoms with Crippen LogP contribution < -0.4 is 4.74 Å². The summed E-state index contributed by atoms with van der Waals surface area (Å²) >= 11 is 6.08. The van der Waals surface area contributed by atoms with E-state index in [-0.39, 0.29) is 17.9 Å². The monoisotopic (exact) mass is 406 g/mol. The molecule has 0 atom stereocenters. The molecule has 0 aliphatic heterocycles. The number of carboxylic acids is 1. The van der Waals surface area contributed by atoms with Crippen LogP contribution in [0.1, 0.15) is 27.3 Å². The van der Waals surface area contributed by atoms with Crippen LogP contribution in [0, 0.1) is 18.6 Å². The molecule has 3 rings (SSSR count). The number of aryl methyl sites for hydroxylation is 3. The molecule has 0 spiro atoms.